The predicted molar refractivity (Wildman–Crippen MR) is 81.9 cm³/mol. The van der Waals surface area contributed by atoms with Gasteiger partial charge in [0.15, 0.2) is 5.78 Å². The molecule has 20 heavy (non-hydrogen) atoms. The molecule has 0 bridgehead atoms. The van der Waals surface area contributed by atoms with Crippen LogP contribution in [0.25, 0.3) is 0 Å². The first-order valence-electron chi connectivity index (χ1n) is 6.69. The van der Waals surface area contributed by atoms with Crippen molar-refractivity contribution in [2.75, 3.05) is 0 Å². The predicted octanol–water partition coefficient (Wildman–Crippen LogP) is 3.62. The second-order valence-electron chi connectivity index (χ2n) is 4.62. The smallest absolute Gasteiger partial charge is 0.180 e. The van der Waals surface area contributed by atoms with E-state index in [2.05, 4.69) is 10.1 Å². The molecule has 0 atom stereocenters. The topological polar surface area (TPSA) is 47.8 Å². The Morgan fingerprint density at radius 2 is 2.05 bits per heavy atom. The molecule has 0 aromatic carbocycles. The third-order valence-electron chi connectivity index (χ3n) is 3.18. The molecule has 2 rings (SSSR count). The van der Waals surface area contributed by atoms with E-state index in [1.165, 1.54) is 11.3 Å². The van der Waals surface area contributed by atoms with Crippen LogP contribution in [0.5, 0.6) is 0 Å². The summed E-state index contributed by atoms with van der Waals surface area (Å²) in [6, 6.07) is 0. The molecule has 4 nitrogen and oxygen atoms in total. The zero-order chi connectivity index (χ0) is 14.9. The normalized spacial score (nSPS) is 11.1. The van der Waals surface area contributed by atoms with Crippen LogP contribution in [0.2, 0.25) is 5.02 Å². The number of Topliss-reactive ketones (excluding diaryl/α,β-unsaturated/α-hetero) is 1. The average Bonchev–Trinajstić information content (AvgIpc) is 2.90. The number of halogens is 1. The van der Waals surface area contributed by atoms with Crippen LogP contribution >= 0.6 is 22.9 Å². The SMILES string of the molecule is CCc1nn(CC)c(CC(=O)c2sc(C)nc2C)c1Cl. The third-order valence-corrected chi connectivity index (χ3v) is 4.73. The maximum atomic E-state index is 12.4. The van der Waals surface area contributed by atoms with Gasteiger partial charge < -0.3 is 0 Å². The van der Waals surface area contributed by atoms with E-state index in [0.29, 0.717) is 11.6 Å². The van der Waals surface area contributed by atoms with Gasteiger partial charge in [-0.15, -0.1) is 11.3 Å². The van der Waals surface area contributed by atoms with E-state index >= 15 is 0 Å². The molecular weight excluding hydrogens is 294 g/mol. The first-order valence-corrected chi connectivity index (χ1v) is 7.88. The maximum Gasteiger partial charge on any atom is 0.180 e. The third kappa shape index (κ3) is 2.79. The summed E-state index contributed by atoms with van der Waals surface area (Å²) in [7, 11) is 0. The number of thiazole rings is 1. The van der Waals surface area contributed by atoms with E-state index in [4.69, 9.17) is 11.6 Å². The van der Waals surface area contributed by atoms with Gasteiger partial charge in [0.2, 0.25) is 0 Å². The highest BCUT2D eigenvalue weighted by molar-refractivity contribution is 7.13. The van der Waals surface area contributed by atoms with Crippen molar-refractivity contribution >= 4 is 28.7 Å². The molecule has 2 aromatic heterocycles. The number of rotatable bonds is 5. The first-order chi connectivity index (χ1) is 9.47. The lowest BCUT2D eigenvalue weighted by molar-refractivity contribution is 0.0993. The van der Waals surface area contributed by atoms with Gasteiger partial charge in [0.05, 0.1) is 38.4 Å². The zero-order valence-corrected chi connectivity index (χ0v) is 13.7. The molecule has 0 saturated carbocycles. The van der Waals surface area contributed by atoms with Crippen molar-refractivity contribution in [1.82, 2.24) is 14.8 Å². The van der Waals surface area contributed by atoms with Crippen molar-refractivity contribution in [2.24, 2.45) is 0 Å². The van der Waals surface area contributed by atoms with Gasteiger partial charge in [-0.2, -0.15) is 5.10 Å². The van der Waals surface area contributed by atoms with E-state index in [-0.39, 0.29) is 12.2 Å². The highest BCUT2D eigenvalue weighted by atomic mass is 35.5. The maximum absolute atomic E-state index is 12.4. The summed E-state index contributed by atoms with van der Waals surface area (Å²) in [6.45, 7) is 8.50. The van der Waals surface area contributed by atoms with E-state index in [1.807, 2.05) is 32.4 Å². The Morgan fingerprint density at radius 3 is 2.55 bits per heavy atom. The summed E-state index contributed by atoms with van der Waals surface area (Å²) in [5.41, 5.74) is 2.46. The Kier molecular flexibility index (Phi) is 4.60. The second kappa shape index (κ2) is 6.06. The van der Waals surface area contributed by atoms with E-state index in [1.54, 1.807) is 0 Å². The van der Waals surface area contributed by atoms with Crippen LogP contribution in [0, 0.1) is 13.8 Å². The minimum Gasteiger partial charge on any atom is -0.293 e. The molecule has 0 aliphatic rings. The Balaban J connectivity index is 2.32. The summed E-state index contributed by atoms with van der Waals surface area (Å²) < 4.78 is 1.82. The molecule has 2 heterocycles. The molecule has 0 aliphatic carbocycles. The van der Waals surface area contributed by atoms with Crippen LogP contribution in [-0.2, 0) is 19.4 Å². The molecule has 0 spiro atoms. The van der Waals surface area contributed by atoms with Gasteiger partial charge in [-0.3, -0.25) is 9.48 Å². The van der Waals surface area contributed by atoms with Crippen molar-refractivity contribution in [3.05, 3.63) is 32.0 Å². The van der Waals surface area contributed by atoms with Gasteiger partial charge in [0, 0.05) is 6.54 Å². The average molecular weight is 312 g/mol. The summed E-state index contributed by atoms with van der Waals surface area (Å²) in [5.74, 6) is 0.0623. The molecule has 0 unspecified atom stereocenters. The lowest BCUT2D eigenvalue weighted by Gasteiger charge is -2.04. The second-order valence-corrected chi connectivity index (χ2v) is 6.21. The minimum absolute atomic E-state index is 0.0623. The minimum atomic E-state index is 0.0623. The molecule has 6 heteroatoms. The first kappa shape index (κ1) is 15.2. The lowest BCUT2D eigenvalue weighted by atomic mass is 10.1. The summed E-state index contributed by atoms with van der Waals surface area (Å²) in [4.78, 5) is 17.5. The number of carbonyl (C=O) groups is 1. The van der Waals surface area contributed by atoms with Crippen molar-refractivity contribution < 1.29 is 4.79 Å². The van der Waals surface area contributed by atoms with Gasteiger partial charge in [0.1, 0.15) is 0 Å². The van der Waals surface area contributed by atoms with Gasteiger partial charge in [0.25, 0.3) is 0 Å². The summed E-state index contributed by atoms with van der Waals surface area (Å²) in [5, 5.41) is 5.98. The molecule has 0 aliphatic heterocycles. The quantitative estimate of drug-likeness (QED) is 0.792. The summed E-state index contributed by atoms with van der Waals surface area (Å²) >= 11 is 7.78. The summed E-state index contributed by atoms with van der Waals surface area (Å²) in [6.07, 6.45) is 1.05. The van der Waals surface area contributed by atoms with Gasteiger partial charge >= 0.3 is 0 Å². The molecular formula is C14H18ClN3OS. The van der Waals surface area contributed by atoms with Crippen LogP contribution in [-0.4, -0.2) is 20.5 Å². The number of hydrogen-bond donors (Lipinski definition) is 0. The van der Waals surface area contributed by atoms with Crippen LogP contribution in [0.15, 0.2) is 0 Å². The molecule has 0 amide bonds. The number of aryl methyl sites for hydroxylation is 4. The molecule has 108 valence electrons. The van der Waals surface area contributed by atoms with Crippen molar-refractivity contribution in [2.45, 2.75) is 47.1 Å². The van der Waals surface area contributed by atoms with E-state index in [0.717, 1.165) is 33.4 Å². The molecule has 2 aromatic rings. The van der Waals surface area contributed by atoms with E-state index in [9.17, 15) is 4.79 Å². The fourth-order valence-electron chi connectivity index (χ4n) is 2.21. The number of ketones is 1. The van der Waals surface area contributed by atoms with Gasteiger partial charge in [-0.05, 0) is 27.2 Å². The van der Waals surface area contributed by atoms with Crippen LogP contribution in [0.4, 0.5) is 0 Å². The Labute approximate surface area is 127 Å². The molecule has 0 N–H and O–H groups in total. The van der Waals surface area contributed by atoms with Crippen LogP contribution in [0.1, 0.15) is 45.6 Å². The van der Waals surface area contributed by atoms with Crippen LogP contribution < -0.4 is 0 Å². The largest absolute Gasteiger partial charge is 0.293 e. The zero-order valence-electron chi connectivity index (χ0n) is 12.2. The lowest BCUT2D eigenvalue weighted by Crippen LogP contribution is -2.10. The van der Waals surface area contributed by atoms with Gasteiger partial charge in [-0.25, -0.2) is 4.98 Å². The highest BCUT2D eigenvalue weighted by Gasteiger charge is 2.20. The highest BCUT2D eigenvalue weighted by Crippen LogP contribution is 2.25. The Bertz CT molecular complexity index is 645. The van der Waals surface area contributed by atoms with E-state index < -0.39 is 0 Å². The number of hydrogen-bond acceptors (Lipinski definition) is 4. The monoisotopic (exact) mass is 311 g/mol. The molecule has 0 saturated heterocycles. The van der Waals surface area contributed by atoms with Crippen LogP contribution in [0.3, 0.4) is 0 Å². The number of aromatic nitrogens is 3. The standard InChI is InChI=1S/C14H18ClN3OS/c1-5-10-13(15)11(18(6-2)17-10)7-12(19)14-8(3)16-9(4)20-14/h5-7H2,1-4H3. The molecule has 0 fully saturated rings. The molecule has 0 radical (unpaired) electrons. The number of nitrogens with zero attached hydrogens (tertiary/aromatic N) is 3. The number of carbonyl (C=O) groups excluding carboxylic acids is 1. The Hall–Kier alpha value is -1.20. The fraction of sp³-hybridized carbons (Fsp3) is 0.500. The van der Waals surface area contributed by atoms with Crippen molar-refractivity contribution in [3.8, 4) is 0 Å². The van der Waals surface area contributed by atoms with Gasteiger partial charge in [-0.1, -0.05) is 18.5 Å². The Morgan fingerprint density at radius 1 is 1.35 bits per heavy atom. The fourth-order valence-corrected chi connectivity index (χ4v) is 3.40. The van der Waals surface area contributed by atoms with Crippen molar-refractivity contribution in [3.63, 3.8) is 0 Å². The van der Waals surface area contributed by atoms with Crippen molar-refractivity contribution in [1.29, 1.82) is 0 Å².